The zero-order valence-electron chi connectivity index (χ0n) is 33.9. The number of anilines is 6. The number of carbonyl (C=O) groups is 4. The molecule has 4 amide bonds. The Balaban J connectivity index is 0.838. The van der Waals surface area contributed by atoms with E-state index in [1.165, 1.54) is 6.20 Å². The number of piperidine rings is 3. The van der Waals surface area contributed by atoms with Crippen LogP contribution in [0, 0.1) is 5.92 Å². The lowest BCUT2D eigenvalue weighted by Crippen LogP contribution is -2.54. The van der Waals surface area contributed by atoms with Gasteiger partial charge < -0.3 is 35.1 Å². The Kier molecular flexibility index (Phi) is 11.8. The van der Waals surface area contributed by atoms with Gasteiger partial charge in [-0.3, -0.25) is 29.4 Å². The number of fused-ring (bicyclic) bond motifs is 1. The molecule has 0 radical (unpaired) electrons. The van der Waals surface area contributed by atoms with E-state index in [2.05, 4.69) is 47.1 Å². The number of rotatable bonds is 12. The Bertz CT molecular complexity index is 2380. The van der Waals surface area contributed by atoms with E-state index in [1.807, 2.05) is 42.5 Å². The molecule has 4 aromatic rings. The van der Waals surface area contributed by atoms with Crippen LogP contribution in [0.5, 0.6) is 5.75 Å². The van der Waals surface area contributed by atoms with Crippen LogP contribution in [0.25, 0.3) is 0 Å². The molecule has 0 bridgehead atoms. The van der Waals surface area contributed by atoms with Gasteiger partial charge in [0.25, 0.3) is 11.8 Å². The first-order valence-electron chi connectivity index (χ1n) is 20.3. The number of benzene rings is 3. The van der Waals surface area contributed by atoms with Crippen LogP contribution < -0.4 is 41.1 Å². The van der Waals surface area contributed by atoms with Gasteiger partial charge in [-0.15, -0.1) is 0 Å². The largest absolute Gasteiger partial charge is 0.494 e. The molecule has 0 aliphatic carbocycles. The molecule has 3 saturated heterocycles. The van der Waals surface area contributed by atoms with Gasteiger partial charge in [0.2, 0.25) is 17.8 Å². The van der Waals surface area contributed by atoms with Crippen LogP contribution in [0.15, 0.2) is 66.9 Å². The van der Waals surface area contributed by atoms with Crippen LogP contribution in [0.1, 0.15) is 59.2 Å². The third kappa shape index (κ3) is 8.70. The quantitative estimate of drug-likeness (QED) is 0.100. The van der Waals surface area contributed by atoms with E-state index in [-0.39, 0.29) is 18.9 Å². The average molecular weight is 854 g/mol. The summed E-state index contributed by atoms with van der Waals surface area (Å²) in [5, 5.41) is 13.6. The Morgan fingerprint density at radius 3 is 2.38 bits per heavy atom. The molecule has 15 nitrogen and oxygen atoms in total. The van der Waals surface area contributed by atoms with E-state index in [4.69, 9.17) is 16.3 Å². The summed E-state index contributed by atoms with van der Waals surface area (Å²) in [5.41, 5.74) is 3.92. The van der Waals surface area contributed by atoms with Crippen molar-refractivity contribution in [2.75, 3.05) is 73.6 Å². The van der Waals surface area contributed by atoms with E-state index in [0.29, 0.717) is 56.3 Å². The highest BCUT2D eigenvalue weighted by molar-refractivity contribution is 7.70. The molecule has 1 aromatic heterocycles. The fourth-order valence-corrected chi connectivity index (χ4v) is 9.85. The van der Waals surface area contributed by atoms with Crippen molar-refractivity contribution < 1.29 is 28.5 Å². The minimum Gasteiger partial charge on any atom is -0.494 e. The molecule has 3 aromatic carbocycles. The molecular weight excluding hydrogens is 805 g/mol. The van der Waals surface area contributed by atoms with Gasteiger partial charge in [-0.05, 0) is 100 Å². The molecule has 5 heterocycles. The van der Waals surface area contributed by atoms with Crippen LogP contribution in [-0.2, 0) is 14.2 Å². The van der Waals surface area contributed by atoms with Crippen LogP contribution in [0.3, 0.4) is 0 Å². The molecule has 0 spiro atoms. The maximum absolute atomic E-state index is 13.4. The number of hydrogen-bond donors (Lipinski definition) is 4. The Labute approximate surface area is 354 Å². The Morgan fingerprint density at radius 1 is 0.867 bits per heavy atom. The number of para-hydroxylation sites is 1. The zero-order chi connectivity index (χ0) is 42.1. The minimum absolute atomic E-state index is 0.0873. The van der Waals surface area contributed by atoms with Gasteiger partial charge in [-0.2, -0.15) is 4.98 Å². The zero-order valence-corrected chi connectivity index (χ0v) is 35.5. The second kappa shape index (κ2) is 17.2. The smallest absolute Gasteiger partial charge is 0.262 e. The molecule has 8 rings (SSSR count). The maximum Gasteiger partial charge on any atom is 0.262 e. The van der Waals surface area contributed by atoms with Gasteiger partial charge >= 0.3 is 0 Å². The van der Waals surface area contributed by atoms with E-state index < -0.39 is 36.8 Å². The lowest BCUT2D eigenvalue weighted by Gasteiger charge is -2.37. The predicted molar refractivity (Wildman–Crippen MR) is 233 cm³/mol. The summed E-state index contributed by atoms with van der Waals surface area (Å²) in [6, 6.07) is 18.1. The molecule has 1 unspecified atom stereocenters. The van der Waals surface area contributed by atoms with Crippen molar-refractivity contribution in [3.05, 3.63) is 83.0 Å². The topological polar surface area (TPSA) is 178 Å². The number of nitrogens with one attached hydrogen (secondary N) is 4. The van der Waals surface area contributed by atoms with Crippen molar-refractivity contribution >= 4 is 82.2 Å². The number of imide groups is 2. The number of aromatic nitrogens is 2. The molecule has 4 aliphatic rings. The summed E-state index contributed by atoms with van der Waals surface area (Å²) in [7, 11) is -0.922. The molecule has 314 valence electrons. The summed E-state index contributed by atoms with van der Waals surface area (Å²) in [5.74, 6) is -0.0898. The first-order chi connectivity index (χ1) is 28.9. The molecule has 2 atom stereocenters. The normalized spacial score (nSPS) is 20.0. The number of methoxy groups -OCH3 is 1. The number of hydrogen-bond acceptors (Lipinski definition) is 13. The van der Waals surface area contributed by atoms with E-state index in [0.717, 1.165) is 74.7 Å². The van der Waals surface area contributed by atoms with Crippen molar-refractivity contribution in [3.8, 4) is 5.75 Å². The SMILES string of the molecule is COc1cc(N2CCC(CN[C@H]3CCCN(c4ccc5c(c4)C(=O)N(C4CCC(=O)NC4=O)C5=O)C3)CC2)ccc1Nc1ncc(Cl)c(Nc2ccccc2P(C)(C)=O)n1. The van der Waals surface area contributed by atoms with Gasteiger partial charge in [0.15, 0.2) is 5.82 Å². The monoisotopic (exact) mass is 853 g/mol. The molecular formula is C43H49ClN9O6P. The lowest BCUT2D eigenvalue weighted by atomic mass is 9.95. The highest BCUT2D eigenvalue weighted by Gasteiger charge is 2.45. The summed E-state index contributed by atoms with van der Waals surface area (Å²) in [6.07, 6.45) is 5.86. The van der Waals surface area contributed by atoms with Crippen LogP contribution in [0.2, 0.25) is 5.02 Å². The summed E-state index contributed by atoms with van der Waals surface area (Å²) in [6.45, 7) is 7.81. The third-order valence-corrected chi connectivity index (χ3v) is 13.6. The van der Waals surface area contributed by atoms with Gasteiger partial charge in [-0.25, -0.2) is 4.98 Å². The van der Waals surface area contributed by atoms with Gasteiger partial charge in [0.05, 0.1) is 35.8 Å². The standard InChI is InChI=1S/C43H49ClN9O6P/c1-59-36-22-29(11-13-33(36)48-43-46-24-32(44)39(50-43)47-34-8-4-5-9-37(34)60(2,3)58)51-19-16-26(17-20-51)23-45-27-7-6-18-52(25-27)28-10-12-30-31(21-28)42(57)53(41(30)56)35-14-15-38(54)49-40(35)55/h4-5,8-13,21-22,24,26-27,35,45H,6-7,14-20,23,25H2,1-3H3,(H,49,54,55)(H2,46,47,48,50)/t27-,35?/m0/s1. The van der Waals surface area contributed by atoms with Gasteiger partial charge in [-0.1, -0.05) is 23.7 Å². The fourth-order valence-electron chi connectivity index (χ4n) is 8.55. The summed E-state index contributed by atoms with van der Waals surface area (Å²) < 4.78 is 18.7. The van der Waals surface area contributed by atoms with Crippen LogP contribution >= 0.6 is 18.7 Å². The van der Waals surface area contributed by atoms with E-state index in [9.17, 15) is 23.7 Å². The van der Waals surface area contributed by atoms with Crippen molar-refractivity contribution in [2.45, 2.75) is 50.6 Å². The third-order valence-electron chi connectivity index (χ3n) is 11.8. The number of ether oxygens (including phenoxy) is 1. The number of nitrogens with zero attached hydrogens (tertiary/aromatic N) is 5. The van der Waals surface area contributed by atoms with Gasteiger partial charge in [0, 0.05) is 61.4 Å². The van der Waals surface area contributed by atoms with Gasteiger partial charge in [0.1, 0.15) is 24.0 Å². The fraction of sp³-hybridized carbons (Fsp3) is 0.395. The van der Waals surface area contributed by atoms with Crippen LogP contribution in [-0.4, -0.2) is 104 Å². The minimum atomic E-state index is -2.56. The average Bonchev–Trinajstić information content (AvgIpc) is 3.49. The number of halogens is 1. The first-order valence-corrected chi connectivity index (χ1v) is 23.3. The first kappa shape index (κ1) is 41.2. The molecule has 3 fully saturated rings. The Morgan fingerprint density at radius 2 is 1.62 bits per heavy atom. The predicted octanol–water partition coefficient (Wildman–Crippen LogP) is 5.75. The molecule has 17 heteroatoms. The molecule has 0 saturated carbocycles. The van der Waals surface area contributed by atoms with Crippen molar-refractivity contribution in [2.24, 2.45) is 5.92 Å². The second-order valence-corrected chi connectivity index (χ2v) is 19.8. The van der Waals surface area contributed by atoms with Crippen molar-refractivity contribution in [1.29, 1.82) is 0 Å². The highest BCUT2D eigenvalue weighted by atomic mass is 35.5. The second-order valence-electron chi connectivity index (χ2n) is 16.2. The maximum atomic E-state index is 13.4. The molecule has 4 N–H and O–H groups in total. The number of carbonyl (C=O) groups excluding carboxylic acids is 4. The lowest BCUT2D eigenvalue weighted by molar-refractivity contribution is -0.136. The summed E-state index contributed by atoms with van der Waals surface area (Å²) >= 11 is 6.48. The van der Waals surface area contributed by atoms with Crippen molar-refractivity contribution in [1.82, 2.24) is 25.5 Å². The van der Waals surface area contributed by atoms with E-state index in [1.54, 1.807) is 32.6 Å². The summed E-state index contributed by atoms with van der Waals surface area (Å²) in [4.78, 5) is 65.4. The molecule has 4 aliphatic heterocycles. The van der Waals surface area contributed by atoms with E-state index >= 15 is 0 Å². The Hall–Kier alpha value is -5.50. The number of amides is 4. The van der Waals surface area contributed by atoms with Crippen molar-refractivity contribution in [3.63, 3.8) is 0 Å². The molecule has 60 heavy (non-hydrogen) atoms. The van der Waals surface area contributed by atoms with Crippen LogP contribution in [0.4, 0.5) is 34.5 Å². The highest BCUT2D eigenvalue weighted by Crippen LogP contribution is 2.39.